The SMILES string of the molecule is Cc1cc(C)c2c(c1)O/C(=C/c1ccc(O)cc1)C2=O. The second-order valence-electron chi connectivity index (χ2n) is 4.99. The minimum Gasteiger partial charge on any atom is -0.508 e. The second-order valence-corrected chi connectivity index (χ2v) is 4.99. The molecule has 100 valence electrons. The summed E-state index contributed by atoms with van der Waals surface area (Å²) in [4.78, 5) is 12.4. The van der Waals surface area contributed by atoms with Gasteiger partial charge >= 0.3 is 0 Å². The quantitative estimate of drug-likeness (QED) is 0.802. The third-order valence-corrected chi connectivity index (χ3v) is 3.31. The third-order valence-electron chi connectivity index (χ3n) is 3.31. The summed E-state index contributed by atoms with van der Waals surface area (Å²) < 4.78 is 5.66. The highest BCUT2D eigenvalue weighted by molar-refractivity contribution is 6.15. The van der Waals surface area contributed by atoms with Crippen LogP contribution in [-0.2, 0) is 0 Å². The largest absolute Gasteiger partial charge is 0.508 e. The summed E-state index contributed by atoms with van der Waals surface area (Å²) in [7, 11) is 0. The summed E-state index contributed by atoms with van der Waals surface area (Å²) in [6.45, 7) is 3.89. The number of aryl methyl sites for hydroxylation is 2. The zero-order valence-corrected chi connectivity index (χ0v) is 11.3. The minimum absolute atomic E-state index is 0.0921. The lowest BCUT2D eigenvalue weighted by Crippen LogP contribution is -1.99. The van der Waals surface area contributed by atoms with Crippen molar-refractivity contribution in [3.05, 3.63) is 64.4 Å². The molecule has 0 bridgehead atoms. The fourth-order valence-electron chi connectivity index (χ4n) is 2.41. The van der Waals surface area contributed by atoms with Crippen LogP contribution in [0.1, 0.15) is 27.0 Å². The van der Waals surface area contributed by atoms with E-state index >= 15 is 0 Å². The molecule has 2 aromatic carbocycles. The van der Waals surface area contributed by atoms with E-state index in [0.29, 0.717) is 17.1 Å². The first-order chi connectivity index (χ1) is 9.54. The number of phenols is 1. The summed E-state index contributed by atoms with van der Waals surface area (Å²) in [5, 5.41) is 9.26. The maximum atomic E-state index is 12.4. The minimum atomic E-state index is -0.0921. The normalized spacial score (nSPS) is 15.3. The van der Waals surface area contributed by atoms with Crippen LogP contribution in [0.4, 0.5) is 0 Å². The van der Waals surface area contributed by atoms with Gasteiger partial charge in [-0.1, -0.05) is 18.2 Å². The smallest absolute Gasteiger partial charge is 0.232 e. The molecular formula is C17H14O3. The number of benzene rings is 2. The Kier molecular flexibility index (Phi) is 2.83. The molecular weight excluding hydrogens is 252 g/mol. The number of fused-ring (bicyclic) bond motifs is 1. The molecule has 0 amide bonds. The van der Waals surface area contributed by atoms with Crippen LogP contribution < -0.4 is 4.74 Å². The number of allylic oxidation sites excluding steroid dienone is 1. The van der Waals surface area contributed by atoms with Gasteiger partial charge in [-0.3, -0.25) is 4.79 Å². The molecule has 0 aromatic heterocycles. The Bertz CT molecular complexity index is 725. The fourth-order valence-corrected chi connectivity index (χ4v) is 2.41. The highest BCUT2D eigenvalue weighted by Gasteiger charge is 2.29. The van der Waals surface area contributed by atoms with Gasteiger partial charge in [0.25, 0.3) is 0 Å². The Labute approximate surface area is 117 Å². The van der Waals surface area contributed by atoms with Crippen molar-refractivity contribution in [1.29, 1.82) is 0 Å². The number of aromatic hydroxyl groups is 1. The van der Waals surface area contributed by atoms with Gasteiger partial charge in [-0.2, -0.15) is 0 Å². The molecule has 1 aliphatic heterocycles. The van der Waals surface area contributed by atoms with Crippen molar-refractivity contribution in [2.45, 2.75) is 13.8 Å². The number of hydrogen-bond donors (Lipinski definition) is 1. The first kappa shape index (κ1) is 12.5. The molecule has 20 heavy (non-hydrogen) atoms. The summed E-state index contributed by atoms with van der Waals surface area (Å²) >= 11 is 0. The van der Waals surface area contributed by atoms with E-state index in [0.717, 1.165) is 16.7 Å². The molecule has 2 aromatic rings. The number of phenolic OH excluding ortho intramolecular Hbond substituents is 1. The summed E-state index contributed by atoms with van der Waals surface area (Å²) in [6.07, 6.45) is 1.69. The average Bonchev–Trinajstić information content (AvgIpc) is 2.69. The molecule has 0 saturated heterocycles. The van der Waals surface area contributed by atoms with Crippen LogP contribution >= 0.6 is 0 Å². The molecule has 0 aliphatic carbocycles. The van der Waals surface area contributed by atoms with Crippen LogP contribution in [-0.4, -0.2) is 10.9 Å². The Morgan fingerprint density at radius 2 is 1.80 bits per heavy atom. The van der Waals surface area contributed by atoms with Gasteiger partial charge in [0.05, 0.1) is 5.56 Å². The molecule has 0 spiro atoms. The Morgan fingerprint density at radius 1 is 1.10 bits per heavy atom. The van der Waals surface area contributed by atoms with Gasteiger partial charge in [-0.15, -0.1) is 0 Å². The van der Waals surface area contributed by atoms with E-state index in [-0.39, 0.29) is 11.5 Å². The van der Waals surface area contributed by atoms with Gasteiger partial charge in [0.2, 0.25) is 5.78 Å². The number of hydrogen-bond acceptors (Lipinski definition) is 3. The van der Waals surface area contributed by atoms with E-state index < -0.39 is 0 Å². The predicted octanol–water partition coefficient (Wildman–Crippen LogP) is 3.63. The number of carbonyl (C=O) groups is 1. The Morgan fingerprint density at radius 3 is 2.50 bits per heavy atom. The Hall–Kier alpha value is -2.55. The molecule has 0 atom stereocenters. The van der Waals surface area contributed by atoms with Gasteiger partial charge < -0.3 is 9.84 Å². The molecule has 3 heteroatoms. The summed E-state index contributed by atoms with van der Waals surface area (Å²) in [5.74, 6) is 1.04. The number of Topliss-reactive ketones (excluding diaryl/α,β-unsaturated/α-hetero) is 1. The van der Waals surface area contributed by atoms with Crippen molar-refractivity contribution in [3.63, 3.8) is 0 Å². The van der Waals surface area contributed by atoms with E-state index in [1.54, 1.807) is 30.3 Å². The molecule has 1 N–H and O–H groups in total. The molecule has 0 unspecified atom stereocenters. The summed E-state index contributed by atoms with van der Waals surface area (Å²) in [6, 6.07) is 10.5. The Balaban J connectivity index is 2.01. The molecule has 1 aliphatic rings. The van der Waals surface area contributed by atoms with E-state index in [9.17, 15) is 9.90 Å². The molecule has 1 heterocycles. The van der Waals surface area contributed by atoms with Crippen LogP contribution in [0, 0.1) is 13.8 Å². The zero-order valence-electron chi connectivity index (χ0n) is 11.3. The monoisotopic (exact) mass is 266 g/mol. The number of carbonyl (C=O) groups excluding carboxylic acids is 1. The first-order valence-corrected chi connectivity index (χ1v) is 6.39. The highest BCUT2D eigenvalue weighted by Crippen LogP contribution is 2.35. The van der Waals surface area contributed by atoms with Crippen LogP contribution in [0.3, 0.4) is 0 Å². The van der Waals surface area contributed by atoms with E-state index in [2.05, 4.69) is 0 Å². The fraction of sp³-hybridized carbons (Fsp3) is 0.118. The molecule has 3 rings (SSSR count). The van der Waals surface area contributed by atoms with Crippen LogP contribution in [0.25, 0.3) is 6.08 Å². The van der Waals surface area contributed by atoms with Gasteiger partial charge in [0.1, 0.15) is 11.5 Å². The number of ketones is 1. The lowest BCUT2D eigenvalue weighted by atomic mass is 10.0. The predicted molar refractivity (Wildman–Crippen MR) is 77.0 cm³/mol. The number of rotatable bonds is 1. The lowest BCUT2D eigenvalue weighted by Gasteiger charge is -2.01. The topological polar surface area (TPSA) is 46.5 Å². The van der Waals surface area contributed by atoms with Gasteiger partial charge in [-0.05, 0) is 54.8 Å². The maximum absolute atomic E-state index is 12.4. The number of ether oxygens (including phenoxy) is 1. The van der Waals surface area contributed by atoms with Crippen molar-refractivity contribution >= 4 is 11.9 Å². The van der Waals surface area contributed by atoms with E-state index in [4.69, 9.17) is 4.74 Å². The maximum Gasteiger partial charge on any atom is 0.232 e. The van der Waals surface area contributed by atoms with Gasteiger partial charge in [0, 0.05) is 0 Å². The molecule has 3 nitrogen and oxygen atoms in total. The standard InChI is InChI=1S/C17H14O3/c1-10-7-11(2)16-14(8-10)20-15(17(16)19)9-12-3-5-13(18)6-4-12/h3-9,18H,1-2H3/b15-9+. The van der Waals surface area contributed by atoms with Gasteiger partial charge in [0.15, 0.2) is 5.76 Å². The van der Waals surface area contributed by atoms with Crippen molar-refractivity contribution in [1.82, 2.24) is 0 Å². The van der Waals surface area contributed by atoms with E-state index in [1.165, 1.54) is 0 Å². The van der Waals surface area contributed by atoms with Crippen LogP contribution in [0.2, 0.25) is 0 Å². The molecule has 0 radical (unpaired) electrons. The van der Waals surface area contributed by atoms with Crippen molar-refractivity contribution in [2.24, 2.45) is 0 Å². The lowest BCUT2D eigenvalue weighted by molar-refractivity contribution is 0.101. The third kappa shape index (κ3) is 2.07. The second kappa shape index (κ2) is 4.53. The van der Waals surface area contributed by atoms with Crippen LogP contribution in [0.5, 0.6) is 11.5 Å². The van der Waals surface area contributed by atoms with E-state index in [1.807, 2.05) is 26.0 Å². The first-order valence-electron chi connectivity index (χ1n) is 6.39. The van der Waals surface area contributed by atoms with Crippen molar-refractivity contribution in [3.8, 4) is 11.5 Å². The zero-order chi connectivity index (χ0) is 14.3. The van der Waals surface area contributed by atoms with Crippen molar-refractivity contribution in [2.75, 3.05) is 0 Å². The van der Waals surface area contributed by atoms with Gasteiger partial charge in [-0.25, -0.2) is 0 Å². The van der Waals surface area contributed by atoms with Crippen molar-refractivity contribution < 1.29 is 14.6 Å². The molecule has 0 saturated carbocycles. The highest BCUT2D eigenvalue weighted by atomic mass is 16.5. The average molecular weight is 266 g/mol. The summed E-state index contributed by atoms with van der Waals surface area (Å²) in [5.41, 5.74) is 3.45. The molecule has 0 fully saturated rings. The van der Waals surface area contributed by atoms with Crippen LogP contribution in [0.15, 0.2) is 42.2 Å².